The summed E-state index contributed by atoms with van der Waals surface area (Å²) in [6.07, 6.45) is 7.81. The Morgan fingerprint density at radius 3 is 2.38 bits per heavy atom. The molecule has 32 heavy (non-hydrogen) atoms. The van der Waals surface area contributed by atoms with E-state index >= 15 is 0 Å². The molecule has 0 atom stereocenters. The van der Waals surface area contributed by atoms with Gasteiger partial charge in [0.25, 0.3) is 5.91 Å². The molecular weight excluding hydrogens is 406 g/mol. The number of nitrogens with two attached hydrogens (primary N) is 1. The summed E-state index contributed by atoms with van der Waals surface area (Å²) in [7, 11) is 0. The van der Waals surface area contributed by atoms with E-state index < -0.39 is 0 Å². The third kappa shape index (κ3) is 3.58. The predicted molar refractivity (Wildman–Crippen MR) is 118 cm³/mol. The molecule has 5 rings (SSSR count). The second kappa shape index (κ2) is 7.84. The van der Waals surface area contributed by atoms with Crippen molar-refractivity contribution < 1.29 is 9.32 Å². The Kier molecular flexibility index (Phi) is 4.85. The number of amides is 1. The number of aromatic nitrogens is 5. The Hall–Kier alpha value is -4.14. The first kappa shape index (κ1) is 19.8. The number of carbonyl (C=O) groups excluding carboxylic acids is 1. The van der Waals surface area contributed by atoms with Crippen molar-refractivity contribution in [2.24, 2.45) is 0 Å². The summed E-state index contributed by atoms with van der Waals surface area (Å²) < 4.78 is 5.35. The van der Waals surface area contributed by atoms with Crippen LogP contribution < -0.4 is 11.1 Å². The molecule has 3 aromatic heterocycles. The van der Waals surface area contributed by atoms with Crippen LogP contribution in [-0.2, 0) is 5.41 Å². The van der Waals surface area contributed by atoms with Gasteiger partial charge in [-0.1, -0.05) is 35.8 Å². The van der Waals surface area contributed by atoms with E-state index in [1.165, 1.54) is 6.20 Å². The Labute approximate surface area is 184 Å². The number of nitrogen functional groups attached to an aromatic ring is 1. The number of rotatable bonds is 5. The van der Waals surface area contributed by atoms with Crippen molar-refractivity contribution in [3.8, 4) is 11.1 Å². The first-order valence-corrected chi connectivity index (χ1v) is 10.3. The van der Waals surface area contributed by atoms with Crippen molar-refractivity contribution >= 4 is 17.9 Å². The second-order valence-corrected chi connectivity index (χ2v) is 7.91. The number of anilines is 2. The molecule has 1 aromatic carbocycles. The molecule has 1 aliphatic rings. The SMILES string of the molecule is Cc1ccc(C(=O)Nc2nc(C3(c4ccc(-c5cnc(N)nc5)cc4)CCC3)no2)cn1. The topological polar surface area (TPSA) is 133 Å². The van der Waals surface area contributed by atoms with Crippen LogP contribution in [-0.4, -0.2) is 31.0 Å². The fraction of sp³-hybridized carbons (Fsp3) is 0.217. The number of hydrogen-bond acceptors (Lipinski definition) is 8. The first-order valence-electron chi connectivity index (χ1n) is 10.3. The first-order chi connectivity index (χ1) is 15.5. The minimum Gasteiger partial charge on any atom is -0.368 e. The fourth-order valence-corrected chi connectivity index (χ4v) is 3.88. The average molecular weight is 427 g/mol. The van der Waals surface area contributed by atoms with E-state index in [9.17, 15) is 4.79 Å². The lowest BCUT2D eigenvalue weighted by Gasteiger charge is -2.39. The monoisotopic (exact) mass is 427 g/mol. The molecule has 0 saturated heterocycles. The van der Waals surface area contributed by atoms with Crippen LogP contribution in [0.2, 0.25) is 0 Å². The maximum absolute atomic E-state index is 12.4. The Bertz CT molecular complexity index is 1250. The number of hydrogen-bond donors (Lipinski definition) is 2. The zero-order valence-corrected chi connectivity index (χ0v) is 17.4. The van der Waals surface area contributed by atoms with Crippen molar-refractivity contribution in [3.63, 3.8) is 0 Å². The summed E-state index contributed by atoms with van der Waals surface area (Å²) >= 11 is 0. The number of nitrogens with zero attached hydrogens (tertiary/aromatic N) is 5. The molecule has 0 bridgehead atoms. The number of carbonyl (C=O) groups is 1. The van der Waals surface area contributed by atoms with Crippen LogP contribution in [0.5, 0.6) is 0 Å². The van der Waals surface area contributed by atoms with Crippen LogP contribution in [0.15, 0.2) is 59.5 Å². The Morgan fingerprint density at radius 1 is 1.00 bits per heavy atom. The molecule has 3 heterocycles. The minimum atomic E-state index is -0.342. The quantitative estimate of drug-likeness (QED) is 0.494. The maximum atomic E-state index is 12.4. The third-order valence-corrected chi connectivity index (χ3v) is 5.90. The predicted octanol–water partition coefficient (Wildman–Crippen LogP) is 3.53. The second-order valence-electron chi connectivity index (χ2n) is 7.91. The zero-order valence-electron chi connectivity index (χ0n) is 17.4. The highest BCUT2D eigenvalue weighted by Gasteiger charge is 2.44. The third-order valence-electron chi connectivity index (χ3n) is 5.90. The zero-order chi connectivity index (χ0) is 22.1. The fourth-order valence-electron chi connectivity index (χ4n) is 3.88. The van der Waals surface area contributed by atoms with Crippen molar-refractivity contribution in [3.05, 3.63) is 77.6 Å². The van der Waals surface area contributed by atoms with Gasteiger partial charge in [-0.05, 0) is 43.0 Å². The lowest BCUT2D eigenvalue weighted by atomic mass is 9.64. The summed E-state index contributed by atoms with van der Waals surface area (Å²) in [5.74, 6) is 0.479. The molecule has 0 radical (unpaired) electrons. The standard InChI is InChI=1S/C23H21N7O2/c1-14-3-4-16(11-25-14)19(31)28-22-29-20(30-32-22)23(9-2-10-23)18-7-5-15(6-8-18)17-12-26-21(24)27-13-17/h3-8,11-13H,2,9-10H2,1H3,(H2,24,26,27)(H,28,29,30,31). The number of benzene rings is 1. The molecule has 1 aliphatic carbocycles. The van der Waals surface area contributed by atoms with Crippen LogP contribution in [0.25, 0.3) is 11.1 Å². The van der Waals surface area contributed by atoms with Gasteiger partial charge < -0.3 is 10.3 Å². The van der Waals surface area contributed by atoms with Crippen molar-refractivity contribution in [1.29, 1.82) is 0 Å². The van der Waals surface area contributed by atoms with Crippen LogP contribution in [0.1, 0.15) is 46.7 Å². The number of pyridine rings is 1. The largest absolute Gasteiger partial charge is 0.368 e. The van der Waals surface area contributed by atoms with Gasteiger partial charge in [0.2, 0.25) is 5.95 Å². The highest BCUT2D eigenvalue weighted by atomic mass is 16.5. The summed E-state index contributed by atoms with van der Waals surface area (Å²) in [5.41, 5.74) is 9.50. The molecule has 3 N–H and O–H groups in total. The average Bonchev–Trinajstić information content (AvgIpc) is 3.23. The minimum absolute atomic E-state index is 0.0764. The van der Waals surface area contributed by atoms with Gasteiger partial charge >= 0.3 is 6.01 Å². The van der Waals surface area contributed by atoms with E-state index in [0.717, 1.165) is 41.6 Å². The van der Waals surface area contributed by atoms with Crippen molar-refractivity contribution in [2.45, 2.75) is 31.6 Å². The van der Waals surface area contributed by atoms with E-state index in [1.54, 1.807) is 24.5 Å². The molecule has 0 aliphatic heterocycles. The summed E-state index contributed by atoms with van der Waals surface area (Å²) in [6.45, 7) is 1.86. The summed E-state index contributed by atoms with van der Waals surface area (Å²) in [6, 6.07) is 11.7. The van der Waals surface area contributed by atoms with Crippen LogP contribution in [0, 0.1) is 6.92 Å². The smallest absolute Gasteiger partial charge is 0.328 e. The lowest BCUT2D eigenvalue weighted by molar-refractivity contribution is 0.102. The van der Waals surface area contributed by atoms with Gasteiger partial charge in [0, 0.05) is 29.8 Å². The molecule has 1 fully saturated rings. The highest BCUT2D eigenvalue weighted by molar-refractivity contribution is 6.02. The Balaban J connectivity index is 1.36. The molecule has 1 saturated carbocycles. The molecule has 160 valence electrons. The lowest BCUT2D eigenvalue weighted by Crippen LogP contribution is -2.36. The van der Waals surface area contributed by atoms with Crippen LogP contribution in [0.4, 0.5) is 12.0 Å². The van der Waals surface area contributed by atoms with Gasteiger partial charge in [-0.15, -0.1) is 0 Å². The van der Waals surface area contributed by atoms with E-state index in [4.69, 9.17) is 10.3 Å². The van der Waals surface area contributed by atoms with Crippen LogP contribution >= 0.6 is 0 Å². The highest BCUT2D eigenvalue weighted by Crippen LogP contribution is 2.48. The van der Waals surface area contributed by atoms with Gasteiger partial charge in [-0.3, -0.25) is 15.1 Å². The van der Waals surface area contributed by atoms with E-state index in [0.29, 0.717) is 11.4 Å². The van der Waals surface area contributed by atoms with Crippen molar-refractivity contribution in [1.82, 2.24) is 25.1 Å². The van der Waals surface area contributed by atoms with E-state index in [-0.39, 0.29) is 23.3 Å². The van der Waals surface area contributed by atoms with Gasteiger partial charge in [-0.2, -0.15) is 4.98 Å². The molecule has 1 amide bonds. The van der Waals surface area contributed by atoms with Gasteiger partial charge in [0.15, 0.2) is 5.82 Å². The Morgan fingerprint density at radius 2 is 1.75 bits per heavy atom. The number of nitrogens with one attached hydrogen (secondary N) is 1. The molecule has 0 unspecified atom stereocenters. The molecule has 9 heteroatoms. The van der Waals surface area contributed by atoms with Gasteiger partial charge in [-0.25, -0.2) is 9.97 Å². The van der Waals surface area contributed by atoms with E-state index in [2.05, 4.69) is 42.5 Å². The molecular formula is C23H21N7O2. The van der Waals surface area contributed by atoms with Gasteiger partial charge in [0.1, 0.15) is 0 Å². The van der Waals surface area contributed by atoms with E-state index in [1.807, 2.05) is 19.1 Å². The molecule has 9 nitrogen and oxygen atoms in total. The molecule has 0 spiro atoms. The molecule has 4 aromatic rings. The van der Waals surface area contributed by atoms with Crippen LogP contribution in [0.3, 0.4) is 0 Å². The van der Waals surface area contributed by atoms with Gasteiger partial charge in [0.05, 0.1) is 11.0 Å². The summed E-state index contributed by atoms with van der Waals surface area (Å²) in [4.78, 5) is 29.2. The summed E-state index contributed by atoms with van der Waals surface area (Å²) in [5, 5.41) is 6.85. The maximum Gasteiger partial charge on any atom is 0.328 e. The number of aryl methyl sites for hydroxylation is 1. The normalized spacial score (nSPS) is 14.5. The van der Waals surface area contributed by atoms with Crippen molar-refractivity contribution in [2.75, 3.05) is 11.1 Å².